The summed E-state index contributed by atoms with van der Waals surface area (Å²) in [6.45, 7) is 8.23. The lowest BCUT2D eigenvalue weighted by Crippen LogP contribution is -2.27. The van der Waals surface area contributed by atoms with Crippen LogP contribution < -0.4 is 5.73 Å². The number of thiazole rings is 1. The summed E-state index contributed by atoms with van der Waals surface area (Å²) < 4.78 is 27.4. The van der Waals surface area contributed by atoms with Crippen LogP contribution in [0.4, 0.5) is 8.78 Å². The van der Waals surface area contributed by atoms with Gasteiger partial charge >= 0.3 is 0 Å². The van der Waals surface area contributed by atoms with Crippen LogP contribution >= 0.6 is 11.3 Å². The summed E-state index contributed by atoms with van der Waals surface area (Å²) in [6.07, 6.45) is 1.80. The van der Waals surface area contributed by atoms with Crippen molar-refractivity contribution in [3.8, 4) is 10.6 Å². The lowest BCUT2D eigenvalue weighted by Gasteiger charge is -2.26. The maximum atomic E-state index is 14.0. The molecule has 0 aliphatic carbocycles. The van der Waals surface area contributed by atoms with E-state index < -0.39 is 11.6 Å². The molecule has 2 N–H and O–H groups in total. The SMILES string of the molecule is CCCc1sc(-c2cc(F)ccc2F)nc1C(N)C(C)(C)C. The maximum absolute atomic E-state index is 14.0. The van der Waals surface area contributed by atoms with Gasteiger partial charge in [0.15, 0.2) is 0 Å². The Morgan fingerprint density at radius 2 is 1.95 bits per heavy atom. The summed E-state index contributed by atoms with van der Waals surface area (Å²) in [5, 5.41) is 0.496. The van der Waals surface area contributed by atoms with Gasteiger partial charge in [0.1, 0.15) is 16.6 Å². The fourth-order valence-corrected chi connectivity index (χ4v) is 3.43. The second kappa shape index (κ2) is 6.42. The minimum absolute atomic E-state index is 0.145. The zero-order chi connectivity index (χ0) is 16.5. The third-order valence-corrected chi connectivity index (χ3v) is 4.76. The molecule has 0 bridgehead atoms. The van der Waals surface area contributed by atoms with E-state index in [4.69, 9.17) is 5.73 Å². The van der Waals surface area contributed by atoms with Crippen molar-refractivity contribution in [1.29, 1.82) is 0 Å². The van der Waals surface area contributed by atoms with E-state index in [0.29, 0.717) is 5.01 Å². The second-order valence-electron chi connectivity index (χ2n) is 6.55. The second-order valence-corrected chi connectivity index (χ2v) is 7.63. The molecule has 0 saturated carbocycles. The molecule has 0 aliphatic heterocycles. The number of aromatic nitrogens is 1. The van der Waals surface area contributed by atoms with E-state index in [0.717, 1.165) is 35.5 Å². The van der Waals surface area contributed by atoms with Gasteiger partial charge in [0.25, 0.3) is 0 Å². The van der Waals surface area contributed by atoms with Crippen molar-refractivity contribution in [1.82, 2.24) is 4.98 Å². The molecule has 1 heterocycles. The molecule has 0 amide bonds. The Morgan fingerprint density at radius 1 is 1.27 bits per heavy atom. The normalized spacial score (nSPS) is 13.4. The summed E-state index contributed by atoms with van der Waals surface area (Å²) in [4.78, 5) is 5.61. The van der Waals surface area contributed by atoms with Gasteiger partial charge in [-0.1, -0.05) is 34.1 Å². The number of rotatable bonds is 4. The zero-order valence-electron chi connectivity index (χ0n) is 13.4. The molecule has 0 radical (unpaired) electrons. The van der Waals surface area contributed by atoms with E-state index in [1.807, 2.05) is 0 Å². The highest BCUT2D eigenvalue weighted by Gasteiger charge is 2.28. The first-order valence-corrected chi connectivity index (χ1v) is 8.26. The standard InChI is InChI=1S/C17H22F2N2S/c1-5-6-13-14(15(20)17(2,3)4)21-16(22-13)11-9-10(18)7-8-12(11)19/h7-9,15H,5-6,20H2,1-4H3. The summed E-state index contributed by atoms with van der Waals surface area (Å²) in [5.74, 6) is -0.931. The molecule has 0 spiro atoms. The van der Waals surface area contributed by atoms with Gasteiger partial charge in [0.05, 0.1) is 11.7 Å². The predicted octanol–water partition coefficient (Wildman–Crippen LogP) is 5.09. The van der Waals surface area contributed by atoms with Gasteiger partial charge in [-0.2, -0.15) is 0 Å². The molecule has 0 fully saturated rings. The molecular weight excluding hydrogens is 302 g/mol. The van der Waals surface area contributed by atoms with Crippen LogP contribution in [0.25, 0.3) is 10.6 Å². The fourth-order valence-electron chi connectivity index (χ4n) is 2.20. The molecule has 1 aromatic carbocycles. The van der Waals surface area contributed by atoms with Crippen LogP contribution in [0, 0.1) is 17.0 Å². The third kappa shape index (κ3) is 3.52. The summed E-state index contributed by atoms with van der Waals surface area (Å²) in [7, 11) is 0. The van der Waals surface area contributed by atoms with Gasteiger partial charge in [0, 0.05) is 10.4 Å². The lowest BCUT2D eigenvalue weighted by atomic mass is 9.85. The molecule has 5 heteroatoms. The van der Waals surface area contributed by atoms with Crippen LogP contribution in [0.15, 0.2) is 18.2 Å². The molecule has 0 saturated heterocycles. The van der Waals surface area contributed by atoms with Crippen LogP contribution in [-0.4, -0.2) is 4.98 Å². The quantitative estimate of drug-likeness (QED) is 0.851. The number of nitrogens with two attached hydrogens (primary N) is 1. The molecule has 22 heavy (non-hydrogen) atoms. The predicted molar refractivity (Wildman–Crippen MR) is 87.8 cm³/mol. The van der Waals surface area contributed by atoms with Gasteiger partial charge in [-0.05, 0) is 30.0 Å². The van der Waals surface area contributed by atoms with E-state index in [1.54, 1.807) is 0 Å². The molecule has 1 atom stereocenters. The smallest absolute Gasteiger partial charge is 0.133 e. The average Bonchev–Trinajstić information content (AvgIpc) is 2.83. The number of nitrogens with zero attached hydrogens (tertiary/aromatic N) is 1. The molecule has 2 rings (SSSR count). The van der Waals surface area contributed by atoms with Crippen LogP contribution in [0.2, 0.25) is 0 Å². The number of halogens is 2. The minimum atomic E-state index is -0.467. The van der Waals surface area contributed by atoms with Crippen molar-refractivity contribution < 1.29 is 8.78 Å². The van der Waals surface area contributed by atoms with E-state index in [9.17, 15) is 8.78 Å². The number of benzene rings is 1. The highest BCUT2D eigenvalue weighted by atomic mass is 32.1. The van der Waals surface area contributed by atoms with Gasteiger partial charge in [-0.25, -0.2) is 13.8 Å². The van der Waals surface area contributed by atoms with Crippen molar-refractivity contribution in [2.45, 2.75) is 46.6 Å². The van der Waals surface area contributed by atoms with E-state index in [1.165, 1.54) is 17.4 Å². The van der Waals surface area contributed by atoms with E-state index >= 15 is 0 Å². The Hall–Kier alpha value is -1.33. The van der Waals surface area contributed by atoms with Crippen molar-refractivity contribution >= 4 is 11.3 Å². The average molecular weight is 324 g/mol. The fraction of sp³-hybridized carbons (Fsp3) is 0.471. The van der Waals surface area contributed by atoms with Crippen LogP contribution in [0.5, 0.6) is 0 Å². The van der Waals surface area contributed by atoms with Gasteiger partial charge < -0.3 is 5.73 Å². The number of hydrogen-bond donors (Lipinski definition) is 1. The highest BCUT2D eigenvalue weighted by molar-refractivity contribution is 7.15. The summed E-state index contributed by atoms with van der Waals surface area (Å²) >= 11 is 1.41. The Bertz CT molecular complexity index is 659. The molecular formula is C17H22F2N2S. The first kappa shape index (κ1) is 17.0. The zero-order valence-corrected chi connectivity index (χ0v) is 14.2. The van der Waals surface area contributed by atoms with Gasteiger partial charge in [0.2, 0.25) is 0 Å². The highest BCUT2D eigenvalue weighted by Crippen LogP contribution is 2.38. The molecule has 120 valence electrons. The van der Waals surface area contributed by atoms with Crippen LogP contribution in [0.3, 0.4) is 0 Å². The molecule has 2 nitrogen and oxygen atoms in total. The Kier molecular flexibility index (Phi) is 4.97. The van der Waals surface area contributed by atoms with Gasteiger partial charge in [-0.15, -0.1) is 11.3 Å². The lowest BCUT2D eigenvalue weighted by molar-refractivity contribution is 0.321. The molecule has 1 unspecified atom stereocenters. The topological polar surface area (TPSA) is 38.9 Å². The van der Waals surface area contributed by atoms with Crippen LogP contribution in [-0.2, 0) is 6.42 Å². The monoisotopic (exact) mass is 324 g/mol. The summed E-state index contributed by atoms with van der Waals surface area (Å²) in [5.41, 5.74) is 7.20. The third-order valence-electron chi connectivity index (χ3n) is 3.59. The maximum Gasteiger partial charge on any atom is 0.133 e. The van der Waals surface area contributed by atoms with Crippen LogP contribution in [0.1, 0.15) is 50.7 Å². The molecule has 1 aromatic heterocycles. The number of hydrogen-bond acceptors (Lipinski definition) is 3. The van der Waals surface area contributed by atoms with Crippen molar-refractivity contribution in [3.05, 3.63) is 40.4 Å². The van der Waals surface area contributed by atoms with Crippen molar-refractivity contribution in [3.63, 3.8) is 0 Å². The summed E-state index contributed by atoms with van der Waals surface area (Å²) in [6, 6.07) is 3.20. The number of aryl methyl sites for hydroxylation is 1. The van der Waals surface area contributed by atoms with Gasteiger partial charge in [-0.3, -0.25) is 0 Å². The first-order chi connectivity index (χ1) is 10.2. The van der Waals surface area contributed by atoms with E-state index in [-0.39, 0.29) is 17.0 Å². The minimum Gasteiger partial charge on any atom is -0.322 e. The molecule has 2 aromatic rings. The Labute approximate surface area is 134 Å². The Morgan fingerprint density at radius 3 is 2.55 bits per heavy atom. The van der Waals surface area contributed by atoms with Crippen molar-refractivity contribution in [2.24, 2.45) is 11.1 Å². The van der Waals surface area contributed by atoms with E-state index in [2.05, 4.69) is 32.7 Å². The largest absolute Gasteiger partial charge is 0.322 e. The molecule has 0 aliphatic rings. The first-order valence-electron chi connectivity index (χ1n) is 7.44. The van der Waals surface area contributed by atoms with Crippen molar-refractivity contribution in [2.75, 3.05) is 0 Å². The Balaban J connectivity index is 2.53.